The van der Waals surface area contributed by atoms with Crippen molar-refractivity contribution in [1.29, 1.82) is 0 Å². The van der Waals surface area contributed by atoms with Crippen LogP contribution in [0.1, 0.15) is 59.4 Å². The van der Waals surface area contributed by atoms with Gasteiger partial charge >= 0.3 is 6.18 Å². The van der Waals surface area contributed by atoms with Crippen LogP contribution in [-0.2, 0) is 25.7 Å². The van der Waals surface area contributed by atoms with E-state index in [1.165, 1.54) is 5.56 Å². The Labute approximate surface area is 200 Å². The first-order chi connectivity index (χ1) is 17.0. The predicted molar refractivity (Wildman–Crippen MR) is 122 cm³/mol. The summed E-state index contributed by atoms with van der Waals surface area (Å²) in [7, 11) is 0. The summed E-state index contributed by atoms with van der Waals surface area (Å²) in [6, 6.07) is 13.4. The van der Waals surface area contributed by atoms with Gasteiger partial charge in [0, 0.05) is 18.7 Å². The summed E-state index contributed by atoms with van der Waals surface area (Å²) in [6.45, 7) is 1.16. The Morgan fingerprint density at radius 1 is 1.00 bits per heavy atom. The van der Waals surface area contributed by atoms with Gasteiger partial charge in [0.15, 0.2) is 5.89 Å². The molecule has 2 aromatic heterocycles. The average molecular weight is 483 g/mol. The van der Waals surface area contributed by atoms with E-state index in [-0.39, 0.29) is 11.8 Å². The van der Waals surface area contributed by atoms with Crippen LogP contribution in [0.15, 0.2) is 71.6 Å². The molecule has 1 fully saturated rings. The topological polar surface area (TPSA) is 66.0 Å². The number of oxazole rings is 1. The zero-order valence-corrected chi connectivity index (χ0v) is 19.0. The summed E-state index contributed by atoms with van der Waals surface area (Å²) in [5.41, 5.74) is 2.18. The number of rotatable bonds is 10. The lowest BCUT2D eigenvalue weighted by atomic mass is 10.1. The van der Waals surface area contributed by atoms with Crippen LogP contribution in [0.25, 0.3) is 0 Å². The number of nitrogens with zero attached hydrogens (tertiary/aromatic N) is 4. The normalized spacial score (nSPS) is 17.5. The van der Waals surface area contributed by atoms with Gasteiger partial charge in [-0.25, -0.2) is 4.98 Å². The summed E-state index contributed by atoms with van der Waals surface area (Å²) in [5.74, 6) is 1.59. The summed E-state index contributed by atoms with van der Waals surface area (Å²) in [4.78, 5) is 4.53. The van der Waals surface area contributed by atoms with Gasteiger partial charge in [0.25, 0.3) is 0 Å². The van der Waals surface area contributed by atoms with Gasteiger partial charge < -0.3 is 9.15 Å². The quantitative estimate of drug-likeness (QED) is 0.253. The summed E-state index contributed by atoms with van der Waals surface area (Å²) in [5, 5.41) is 7.77. The molecule has 0 radical (unpaired) electrons. The molecule has 0 N–H and O–H groups in total. The van der Waals surface area contributed by atoms with Gasteiger partial charge in [-0.05, 0) is 67.0 Å². The molecule has 2 heterocycles. The molecule has 2 unspecified atom stereocenters. The van der Waals surface area contributed by atoms with Gasteiger partial charge in [-0.1, -0.05) is 29.5 Å². The second-order valence-corrected chi connectivity index (χ2v) is 8.80. The summed E-state index contributed by atoms with van der Waals surface area (Å²) >= 11 is 0. The van der Waals surface area contributed by atoms with E-state index in [0.29, 0.717) is 18.2 Å². The number of unbranched alkanes of at least 4 members (excludes halogenated alkanes) is 1. The van der Waals surface area contributed by atoms with Crippen molar-refractivity contribution in [2.24, 2.45) is 0 Å². The Balaban J connectivity index is 1.07. The summed E-state index contributed by atoms with van der Waals surface area (Å²) in [6.07, 6.45) is 4.72. The van der Waals surface area contributed by atoms with Crippen molar-refractivity contribution in [3.63, 3.8) is 0 Å². The molecule has 4 aromatic rings. The lowest BCUT2D eigenvalue weighted by Gasteiger charge is -2.07. The third-order valence-electron chi connectivity index (χ3n) is 6.23. The molecule has 0 aliphatic heterocycles. The van der Waals surface area contributed by atoms with Crippen LogP contribution >= 0.6 is 0 Å². The van der Waals surface area contributed by atoms with Crippen LogP contribution in [0.2, 0.25) is 0 Å². The van der Waals surface area contributed by atoms with Gasteiger partial charge in [0.2, 0.25) is 0 Å². The zero-order valence-electron chi connectivity index (χ0n) is 19.0. The maximum atomic E-state index is 12.8. The van der Waals surface area contributed by atoms with Crippen molar-refractivity contribution in [2.75, 3.05) is 0 Å². The van der Waals surface area contributed by atoms with Crippen LogP contribution in [0.4, 0.5) is 13.2 Å². The smallest absolute Gasteiger partial charge is 0.416 e. The summed E-state index contributed by atoms with van der Waals surface area (Å²) < 4.78 is 51.6. The maximum Gasteiger partial charge on any atom is 0.416 e. The van der Waals surface area contributed by atoms with E-state index in [2.05, 4.69) is 27.4 Å². The van der Waals surface area contributed by atoms with E-state index in [1.54, 1.807) is 24.6 Å². The van der Waals surface area contributed by atoms with Crippen LogP contribution in [0.5, 0.6) is 5.75 Å². The van der Waals surface area contributed by atoms with E-state index >= 15 is 0 Å². The Bertz CT molecular complexity index is 1220. The minimum Gasteiger partial charge on any atom is -0.487 e. The van der Waals surface area contributed by atoms with E-state index in [9.17, 15) is 13.2 Å². The van der Waals surface area contributed by atoms with Gasteiger partial charge in [-0.2, -0.15) is 13.2 Å². The van der Waals surface area contributed by atoms with E-state index in [4.69, 9.17) is 9.15 Å². The van der Waals surface area contributed by atoms with Crippen LogP contribution in [-0.4, -0.2) is 20.0 Å². The molecule has 5 rings (SSSR count). The number of halogens is 3. The van der Waals surface area contributed by atoms with Crippen LogP contribution in [0, 0.1) is 0 Å². The molecule has 0 saturated heterocycles. The van der Waals surface area contributed by atoms with Crippen molar-refractivity contribution in [3.8, 4) is 5.75 Å². The number of alkyl halides is 3. The number of hydrogen-bond donors (Lipinski definition) is 0. The average Bonchev–Trinajstić information content (AvgIpc) is 3.24. The minimum atomic E-state index is -4.32. The molecule has 35 heavy (non-hydrogen) atoms. The van der Waals surface area contributed by atoms with E-state index in [0.717, 1.165) is 55.7 Å². The Kier molecular flexibility index (Phi) is 6.57. The molecule has 1 saturated carbocycles. The highest BCUT2D eigenvalue weighted by Crippen LogP contribution is 2.54. The highest BCUT2D eigenvalue weighted by molar-refractivity contribution is 5.34. The second kappa shape index (κ2) is 9.93. The molecular weight excluding hydrogens is 457 g/mol. The molecule has 1 aliphatic carbocycles. The molecule has 0 bridgehead atoms. The van der Waals surface area contributed by atoms with Gasteiger partial charge in [0.05, 0.1) is 11.8 Å². The maximum absolute atomic E-state index is 12.8. The van der Waals surface area contributed by atoms with Crippen molar-refractivity contribution in [1.82, 2.24) is 20.0 Å². The standard InChI is InChI=1S/C26H25F3N4O2/c27-26(28,29)20-8-6-19(7-9-20)23-15-24(23)25-31-21(17-35-25)16-34-22-10-4-18(5-11-22)3-1-2-13-33-14-12-30-32-33/h4-12,14,17,23-24H,1-3,13,15-16H2. The molecule has 182 valence electrons. The molecule has 0 amide bonds. The van der Waals surface area contributed by atoms with Crippen molar-refractivity contribution in [2.45, 2.75) is 56.8 Å². The Hall–Kier alpha value is -3.62. The zero-order chi connectivity index (χ0) is 24.3. The van der Waals surface area contributed by atoms with E-state index in [1.807, 2.05) is 23.0 Å². The molecule has 9 heteroatoms. The van der Waals surface area contributed by atoms with Crippen LogP contribution in [0.3, 0.4) is 0 Å². The highest BCUT2D eigenvalue weighted by atomic mass is 19.4. The van der Waals surface area contributed by atoms with Gasteiger partial charge in [-0.15, -0.1) is 5.10 Å². The Morgan fingerprint density at radius 2 is 1.80 bits per heavy atom. The third kappa shape index (κ3) is 5.90. The monoisotopic (exact) mass is 482 g/mol. The number of aryl methyl sites for hydroxylation is 2. The fourth-order valence-electron chi connectivity index (χ4n) is 4.18. The van der Waals surface area contributed by atoms with Crippen LogP contribution < -0.4 is 4.74 Å². The molecule has 1 aliphatic rings. The number of aromatic nitrogens is 4. The van der Waals surface area contributed by atoms with Crippen molar-refractivity contribution in [3.05, 3.63) is 95.5 Å². The SMILES string of the molecule is FC(F)(F)c1ccc(C2CC2c2nc(COc3ccc(CCCCn4ccnn4)cc3)co2)cc1. The first-order valence-electron chi connectivity index (χ1n) is 11.6. The lowest BCUT2D eigenvalue weighted by molar-refractivity contribution is -0.137. The van der Waals surface area contributed by atoms with Crippen molar-refractivity contribution < 1.29 is 22.3 Å². The molecule has 6 nitrogen and oxygen atoms in total. The van der Waals surface area contributed by atoms with Crippen molar-refractivity contribution >= 4 is 0 Å². The van der Waals surface area contributed by atoms with Gasteiger partial charge in [-0.3, -0.25) is 4.68 Å². The third-order valence-corrected chi connectivity index (χ3v) is 6.23. The number of ether oxygens (including phenoxy) is 1. The first kappa shape index (κ1) is 23.1. The van der Waals surface area contributed by atoms with Gasteiger partial charge in [0.1, 0.15) is 24.3 Å². The molecular formula is C26H25F3N4O2. The fraction of sp³-hybridized carbons (Fsp3) is 0.346. The first-order valence-corrected chi connectivity index (χ1v) is 11.6. The second-order valence-electron chi connectivity index (χ2n) is 8.80. The number of hydrogen-bond acceptors (Lipinski definition) is 5. The Morgan fingerprint density at radius 3 is 2.51 bits per heavy atom. The lowest BCUT2D eigenvalue weighted by Crippen LogP contribution is -2.04. The predicted octanol–water partition coefficient (Wildman–Crippen LogP) is 6.16. The minimum absolute atomic E-state index is 0.0873. The largest absolute Gasteiger partial charge is 0.487 e. The molecule has 0 spiro atoms. The fourth-order valence-corrected chi connectivity index (χ4v) is 4.18. The number of benzene rings is 2. The highest BCUT2D eigenvalue weighted by Gasteiger charge is 2.43. The molecule has 2 aromatic carbocycles. The van der Waals surface area contributed by atoms with E-state index < -0.39 is 11.7 Å². The molecule has 2 atom stereocenters.